The first-order valence-corrected chi connectivity index (χ1v) is 13.6. The summed E-state index contributed by atoms with van der Waals surface area (Å²) in [5.41, 5.74) is 3.26. The number of methoxy groups -OCH3 is 1. The summed E-state index contributed by atoms with van der Waals surface area (Å²) in [5.74, 6) is 0.737. The molecule has 0 saturated carbocycles. The first-order valence-electron chi connectivity index (χ1n) is 12.7. The van der Waals surface area contributed by atoms with Gasteiger partial charge in [0.05, 0.1) is 16.3 Å². The summed E-state index contributed by atoms with van der Waals surface area (Å²) in [7, 11) is 1.71. The Bertz CT molecular complexity index is 1140. The lowest BCUT2D eigenvalue weighted by molar-refractivity contribution is -0.138. The van der Waals surface area contributed by atoms with Crippen LogP contribution in [0.3, 0.4) is 0 Å². The van der Waals surface area contributed by atoms with Crippen molar-refractivity contribution in [2.75, 3.05) is 43.9 Å². The highest BCUT2D eigenvalue weighted by molar-refractivity contribution is 7.17. The van der Waals surface area contributed by atoms with E-state index in [9.17, 15) is 9.90 Å². The van der Waals surface area contributed by atoms with Crippen LogP contribution in [0.25, 0.3) is 10.2 Å². The fourth-order valence-electron chi connectivity index (χ4n) is 4.51. The van der Waals surface area contributed by atoms with E-state index in [1.54, 1.807) is 7.11 Å². The van der Waals surface area contributed by atoms with Crippen molar-refractivity contribution in [3.63, 3.8) is 0 Å². The highest BCUT2D eigenvalue weighted by Gasteiger charge is 2.21. The number of rotatable bonds is 14. The molecule has 4 rings (SSSR count). The fraction of sp³-hybridized carbons (Fsp3) is 0.538. The second kappa shape index (κ2) is 12.9. The van der Waals surface area contributed by atoms with Crippen molar-refractivity contribution in [3.8, 4) is 0 Å². The Balaban J connectivity index is 1.30. The number of fused-ring (bicyclic) bond motifs is 2. The van der Waals surface area contributed by atoms with Crippen molar-refractivity contribution in [2.45, 2.75) is 57.6 Å². The van der Waals surface area contributed by atoms with Gasteiger partial charge in [0.2, 0.25) is 0 Å². The highest BCUT2D eigenvalue weighted by atomic mass is 32.1. The van der Waals surface area contributed by atoms with Gasteiger partial charge in [-0.3, -0.25) is 0 Å². The SMILES string of the molecule is CO[C@H](C)CN(CCCCc1ccc2c(n1)NCCC2)CCC(Nc1ncnc2ccsc12)C(=O)O. The van der Waals surface area contributed by atoms with Gasteiger partial charge in [-0.2, -0.15) is 0 Å². The fourth-order valence-corrected chi connectivity index (χ4v) is 5.31. The third kappa shape index (κ3) is 7.11. The van der Waals surface area contributed by atoms with E-state index < -0.39 is 12.0 Å². The molecule has 0 aliphatic carbocycles. The van der Waals surface area contributed by atoms with Crippen LogP contribution in [0.15, 0.2) is 29.9 Å². The molecule has 0 bridgehead atoms. The van der Waals surface area contributed by atoms with Crippen molar-refractivity contribution in [1.82, 2.24) is 19.9 Å². The smallest absolute Gasteiger partial charge is 0.326 e. The number of hydrogen-bond donors (Lipinski definition) is 3. The number of hydrogen-bond acceptors (Lipinski definition) is 9. The molecule has 3 aromatic rings. The predicted octanol–water partition coefficient (Wildman–Crippen LogP) is 4.06. The number of ether oxygens (including phenoxy) is 1. The molecule has 0 saturated heterocycles. The number of aryl methyl sites for hydroxylation is 2. The molecule has 1 aliphatic rings. The molecule has 0 amide bonds. The molecule has 194 valence electrons. The standard InChI is InChI=1S/C26H36N6O3S/c1-18(35-2)16-32(13-4-3-7-20-9-8-19-6-5-12-27-24(19)30-20)14-10-22(26(33)34)31-25-23-21(11-15-36-23)28-17-29-25/h8-9,11,15,17-18,22H,3-7,10,12-14,16H2,1-2H3,(H,27,30)(H,33,34)(H,28,29,31)/t18-,22?/m1/s1. The van der Waals surface area contributed by atoms with Crippen LogP contribution in [-0.2, 0) is 22.4 Å². The van der Waals surface area contributed by atoms with E-state index >= 15 is 0 Å². The Kier molecular flexibility index (Phi) is 9.43. The van der Waals surface area contributed by atoms with Crippen LogP contribution >= 0.6 is 11.3 Å². The first kappa shape index (κ1) is 26.2. The molecule has 3 aromatic heterocycles. The number of carboxylic acid groups (broad SMARTS) is 1. The Labute approximate surface area is 216 Å². The van der Waals surface area contributed by atoms with E-state index in [0.29, 0.717) is 18.8 Å². The summed E-state index contributed by atoms with van der Waals surface area (Å²) in [5, 5.41) is 18.3. The molecule has 36 heavy (non-hydrogen) atoms. The largest absolute Gasteiger partial charge is 0.480 e. The maximum Gasteiger partial charge on any atom is 0.326 e. The Morgan fingerprint density at radius 1 is 1.28 bits per heavy atom. The molecule has 3 N–H and O–H groups in total. The first-order chi connectivity index (χ1) is 17.5. The number of aromatic nitrogens is 3. The van der Waals surface area contributed by atoms with E-state index in [4.69, 9.17) is 9.72 Å². The number of carbonyl (C=O) groups is 1. The zero-order valence-electron chi connectivity index (χ0n) is 21.1. The zero-order chi connectivity index (χ0) is 25.3. The number of pyridine rings is 1. The van der Waals surface area contributed by atoms with Crippen LogP contribution in [0.5, 0.6) is 0 Å². The minimum Gasteiger partial charge on any atom is -0.480 e. The molecule has 1 aliphatic heterocycles. The molecule has 9 nitrogen and oxygen atoms in total. The highest BCUT2D eigenvalue weighted by Crippen LogP contribution is 2.26. The molecular formula is C26H36N6O3S. The van der Waals surface area contributed by atoms with E-state index in [2.05, 4.69) is 37.6 Å². The lowest BCUT2D eigenvalue weighted by Gasteiger charge is -2.27. The van der Waals surface area contributed by atoms with Crippen LogP contribution in [-0.4, -0.2) is 76.4 Å². The van der Waals surface area contributed by atoms with Crippen LogP contribution in [0.4, 0.5) is 11.6 Å². The van der Waals surface area contributed by atoms with Crippen molar-refractivity contribution in [3.05, 3.63) is 41.2 Å². The molecule has 2 atom stereocenters. The summed E-state index contributed by atoms with van der Waals surface area (Å²) in [6.45, 7) is 5.33. The third-order valence-electron chi connectivity index (χ3n) is 6.61. The number of nitrogens with zero attached hydrogens (tertiary/aromatic N) is 4. The van der Waals surface area contributed by atoms with Crippen molar-refractivity contribution in [1.29, 1.82) is 0 Å². The third-order valence-corrected chi connectivity index (χ3v) is 7.52. The van der Waals surface area contributed by atoms with Gasteiger partial charge in [-0.1, -0.05) is 6.07 Å². The van der Waals surface area contributed by atoms with Gasteiger partial charge in [0, 0.05) is 32.4 Å². The van der Waals surface area contributed by atoms with Gasteiger partial charge in [-0.15, -0.1) is 11.3 Å². The molecule has 1 unspecified atom stereocenters. The summed E-state index contributed by atoms with van der Waals surface area (Å²) in [6.07, 6.45) is 7.24. The van der Waals surface area contributed by atoms with Crippen LogP contribution in [0.1, 0.15) is 43.9 Å². The quantitative estimate of drug-likeness (QED) is 0.275. The van der Waals surface area contributed by atoms with Crippen molar-refractivity contribution >= 4 is 39.2 Å². The number of thiophene rings is 1. The molecule has 0 radical (unpaired) electrons. The minimum atomic E-state index is -0.884. The summed E-state index contributed by atoms with van der Waals surface area (Å²) >= 11 is 1.51. The Hall–Kier alpha value is -2.82. The molecule has 4 heterocycles. The van der Waals surface area contributed by atoms with E-state index in [0.717, 1.165) is 67.0 Å². The monoisotopic (exact) mass is 512 g/mol. The van der Waals surface area contributed by atoms with Gasteiger partial charge >= 0.3 is 5.97 Å². The van der Waals surface area contributed by atoms with E-state index in [1.807, 2.05) is 18.4 Å². The average molecular weight is 513 g/mol. The summed E-state index contributed by atoms with van der Waals surface area (Å²) < 4.78 is 6.37. The van der Waals surface area contributed by atoms with E-state index in [-0.39, 0.29) is 6.10 Å². The number of anilines is 2. The van der Waals surface area contributed by atoms with Crippen LogP contribution < -0.4 is 10.6 Å². The molecule has 0 aromatic carbocycles. The normalized spacial score (nSPS) is 14.9. The van der Waals surface area contributed by atoms with Crippen LogP contribution in [0, 0.1) is 0 Å². The maximum absolute atomic E-state index is 12.0. The summed E-state index contributed by atoms with van der Waals surface area (Å²) in [6, 6.07) is 5.53. The van der Waals surface area contributed by atoms with Crippen LogP contribution in [0.2, 0.25) is 0 Å². The van der Waals surface area contributed by atoms with Gasteiger partial charge in [0.1, 0.15) is 24.0 Å². The molecular weight excluding hydrogens is 476 g/mol. The molecule has 10 heteroatoms. The lowest BCUT2D eigenvalue weighted by atomic mass is 10.1. The second-order valence-electron chi connectivity index (χ2n) is 9.33. The summed E-state index contributed by atoms with van der Waals surface area (Å²) in [4.78, 5) is 27.7. The Morgan fingerprint density at radius 2 is 2.17 bits per heavy atom. The van der Waals surface area contributed by atoms with Gasteiger partial charge in [-0.25, -0.2) is 19.7 Å². The maximum atomic E-state index is 12.0. The van der Waals surface area contributed by atoms with Gasteiger partial charge < -0.3 is 25.4 Å². The van der Waals surface area contributed by atoms with Gasteiger partial charge in [0.15, 0.2) is 0 Å². The molecule has 0 fully saturated rings. The minimum absolute atomic E-state index is 0.0715. The van der Waals surface area contributed by atoms with Gasteiger partial charge in [0.25, 0.3) is 0 Å². The number of aliphatic carboxylic acids is 1. The molecule has 0 spiro atoms. The van der Waals surface area contributed by atoms with E-state index in [1.165, 1.54) is 29.6 Å². The van der Waals surface area contributed by atoms with Gasteiger partial charge in [-0.05, 0) is 75.1 Å². The Morgan fingerprint density at radius 3 is 3.00 bits per heavy atom. The second-order valence-corrected chi connectivity index (χ2v) is 10.2. The number of carboxylic acids is 1. The topological polar surface area (TPSA) is 113 Å². The zero-order valence-corrected chi connectivity index (χ0v) is 21.9. The van der Waals surface area contributed by atoms with Crippen molar-refractivity contribution < 1.29 is 14.6 Å². The lowest BCUT2D eigenvalue weighted by Crippen LogP contribution is -2.38. The number of unbranched alkanes of at least 4 members (excludes halogenated alkanes) is 1. The predicted molar refractivity (Wildman–Crippen MR) is 144 cm³/mol. The van der Waals surface area contributed by atoms with Crippen molar-refractivity contribution in [2.24, 2.45) is 0 Å². The number of nitrogens with one attached hydrogen (secondary N) is 2. The average Bonchev–Trinajstić information content (AvgIpc) is 3.38.